The zero-order chi connectivity index (χ0) is 15.0. The third kappa shape index (κ3) is 2.24. The van der Waals surface area contributed by atoms with E-state index in [0.717, 1.165) is 22.4 Å². The number of aromatic nitrogens is 3. The second kappa shape index (κ2) is 4.97. The van der Waals surface area contributed by atoms with Gasteiger partial charge in [0, 0.05) is 25.8 Å². The fourth-order valence-electron chi connectivity index (χ4n) is 2.33. The van der Waals surface area contributed by atoms with E-state index in [1.807, 2.05) is 24.3 Å². The van der Waals surface area contributed by atoms with Gasteiger partial charge in [-0.25, -0.2) is 9.78 Å². The maximum absolute atomic E-state index is 11.9. The molecule has 0 fully saturated rings. The smallest absolute Gasteiger partial charge is 0.328 e. The summed E-state index contributed by atoms with van der Waals surface area (Å²) < 4.78 is 8.29. The van der Waals surface area contributed by atoms with E-state index in [9.17, 15) is 4.79 Å². The third-order valence-electron chi connectivity index (χ3n) is 3.51. The van der Waals surface area contributed by atoms with Gasteiger partial charge in [-0.05, 0) is 24.3 Å². The number of nitrogens with one attached hydrogen (secondary N) is 1. The molecule has 0 saturated heterocycles. The number of fused-ring (bicyclic) bond motifs is 1. The Morgan fingerprint density at radius 1 is 1.05 bits per heavy atom. The number of ether oxygens (including phenoxy) is 1. The average molecular weight is 284 g/mol. The van der Waals surface area contributed by atoms with E-state index < -0.39 is 0 Å². The molecule has 1 N–H and O–H groups in total. The fourth-order valence-corrected chi connectivity index (χ4v) is 2.33. The Bertz CT molecular complexity index is 846. The molecule has 2 aromatic heterocycles. The van der Waals surface area contributed by atoms with Crippen LogP contribution in [-0.4, -0.2) is 21.2 Å². The maximum Gasteiger partial charge on any atom is 0.328 e. The molecule has 3 rings (SSSR count). The third-order valence-corrected chi connectivity index (χ3v) is 3.51. The van der Waals surface area contributed by atoms with Gasteiger partial charge in [0.25, 0.3) is 0 Å². The second-order valence-electron chi connectivity index (χ2n) is 4.82. The topological polar surface area (TPSA) is 61.1 Å². The Labute approximate surface area is 121 Å². The molecule has 3 aromatic rings. The largest absolute Gasteiger partial charge is 0.481 e. The van der Waals surface area contributed by atoms with Crippen molar-refractivity contribution in [1.82, 2.24) is 14.1 Å². The number of pyridine rings is 1. The average Bonchev–Trinajstić information content (AvgIpc) is 2.73. The van der Waals surface area contributed by atoms with Crippen molar-refractivity contribution in [3.8, 4) is 5.88 Å². The van der Waals surface area contributed by atoms with Crippen LogP contribution in [0, 0.1) is 0 Å². The molecule has 1 aromatic carbocycles. The minimum atomic E-state index is -0.0340. The summed E-state index contributed by atoms with van der Waals surface area (Å²) in [7, 11) is 5.12. The van der Waals surface area contributed by atoms with Gasteiger partial charge in [0.05, 0.1) is 30.0 Å². The molecular weight excluding hydrogens is 268 g/mol. The Morgan fingerprint density at radius 3 is 2.43 bits per heavy atom. The van der Waals surface area contributed by atoms with E-state index in [2.05, 4.69) is 10.3 Å². The van der Waals surface area contributed by atoms with Crippen LogP contribution in [0.2, 0.25) is 0 Å². The van der Waals surface area contributed by atoms with Crippen LogP contribution in [-0.2, 0) is 14.1 Å². The summed E-state index contributed by atoms with van der Waals surface area (Å²) in [6.07, 6.45) is 1.70. The molecule has 0 aliphatic heterocycles. The predicted octanol–water partition coefficient (Wildman–Crippen LogP) is 2.02. The quantitative estimate of drug-likeness (QED) is 0.799. The molecular formula is C15H16N4O2. The predicted molar refractivity (Wildman–Crippen MR) is 82.2 cm³/mol. The van der Waals surface area contributed by atoms with Crippen molar-refractivity contribution >= 4 is 22.4 Å². The summed E-state index contributed by atoms with van der Waals surface area (Å²) in [5, 5.41) is 3.26. The molecule has 21 heavy (non-hydrogen) atoms. The SMILES string of the molecule is COc1ccc(Nc2ccc3c(c2)n(C)c(=O)n3C)cn1. The highest BCUT2D eigenvalue weighted by Gasteiger charge is 2.08. The molecule has 0 unspecified atom stereocenters. The first-order valence-electron chi connectivity index (χ1n) is 6.52. The van der Waals surface area contributed by atoms with Crippen LogP contribution in [0.4, 0.5) is 11.4 Å². The van der Waals surface area contributed by atoms with E-state index in [1.165, 1.54) is 0 Å². The van der Waals surface area contributed by atoms with Gasteiger partial charge in [0.2, 0.25) is 5.88 Å². The zero-order valence-corrected chi connectivity index (χ0v) is 12.1. The van der Waals surface area contributed by atoms with Gasteiger partial charge in [0.1, 0.15) is 0 Å². The Hall–Kier alpha value is -2.76. The monoisotopic (exact) mass is 284 g/mol. The van der Waals surface area contributed by atoms with Gasteiger partial charge in [-0.3, -0.25) is 9.13 Å². The van der Waals surface area contributed by atoms with Crippen molar-refractivity contribution in [3.05, 3.63) is 47.0 Å². The van der Waals surface area contributed by atoms with Crippen molar-refractivity contribution in [1.29, 1.82) is 0 Å². The first-order valence-corrected chi connectivity index (χ1v) is 6.52. The number of hydrogen-bond acceptors (Lipinski definition) is 4. The molecule has 108 valence electrons. The highest BCUT2D eigenvalue weighted by Crippen LogP contribution is 2.21. The molecule has 0 saturated carbocycles. The van der Waals surface area contributed by atoms with Gasteiger partial charge in [-0.1, -0.05) is 0 Å². The normalized spacial score (nSPS) is 10.8. The molecule has 2 heterocycles. The molecule has 0 aliphatic rings. The summed E-state index contributed by atoms with van der Waals surface area (Å²) in [5.74, 6) is 0.571. The van der Waals surface area contributed by atoms with Crippen molar-refractivity contribution in [2.75, 3.05) is 12.4 Å². The Kier molecular flexibility index (Phi) is 3.13. The van der Waals surface area contributed by atoms with Crippen LogP contribution in [0.3, 0.4) is 0 Å². The van der Waals surface area contributed by atoms with Crippen molar-refractivity contribution in [2.24, 2.45) is 14.1 Å². The number of rotatable bonds is 3. The van der Waals surface area contributed by atoms with E-state index >= 15 is 0 Å². The molecule has 0 atom stereocenters. The Morgan fingerprint density at radius 2 is 1.76 bits per heavy atom. The van der Waals surface area contributed by atoms with Crippen LogP contribution in [0.5, 0.6) is 5.88 Å². The molecule has 0 amide bonds. The minimum Gasteiger partial charge on any atom is -0.481 e. The van der Waals surface area contributed by atoms with Crippen LogP contribution in [0.25, 0.3) is 11.0 Å². The van der Waals surface area contributed by atoms with Crippen LogP contribution >= 0.6 is 0 Å². The highest BCUT2D eigenvalue weighted by molar-refractivity contribution is 5.81. The lowest BCUT2D eigenvalue weighted by molar-refractivity contribution is 0.398. The van der Waals surface area contributed by atoms with E-state index in [0.29, 0.717) is 5.88 Å². The molecule has 6 heteroatoms. The number of nitrogens with zero attached hydrogens (tertiary/aromatic N) is 3. The lowest BCUT2D eigenvalue weighted by Gasteiger charge is -2.07. The lowest BCUT2D eigenvalue weighted by atomic mass is 10.2. The Balaban J connectivity index is 1.97. The highest BCUT2D eigenvalue weighted by atomic mass is 16.5. The number of benzene rings is 1. The van der Waals surface area contributed by atoms with Gasteiger partial charge < -0.3 is 10.1 Å². The number of methoxy groups -OCH3 is 1. The first kappa shape index (κ1) is 13.2. The van der Waals surface area contributed by atoms with Crippen molar-refractivity contribution in [2.45, 2.75) is 0 Å². The summed E-state index contributed by atoms with van der Waals surface area (Å²) in [4.78, 5) is 16.1. The minimum absolute atomic E-state index is 0.0340. The zero-order valence-electron chi connectivity index (χ0n) is 12.1. The van der Waals surface area contributed by atoms with Crippen LogP contribution in [0.15, 0.2) is 41.3 Å². The maximum atomic E-state index is 11.9. The van der Waals surface area contributed by atoms with Crippen LogP contribution < -0.4 is 15.7 Å². The molecule has 6 nitrogen and oxygen atoms in total. The second-order valence-corrected chi connectivity index (χ2v) is 4.82. The standard InChI is InChI=1S/C15H16N4O2/c1-18-12-6-4-10(8-13(12)19(2)15(18)20)17-11-5-7-14(21-3)16-9-11/h4-9,17H,1-3H3. The lowest BCUT2D eigenvalue weighted by Crippen LogP contribution is -2.19. The van der Waals surface area contributed by atoms with Crippen molar-refractivity contribution < 1.29 is 4.74 Å². The number of imidazole rings is 1. The van der Waals surface area contributed by atoms with E-state index in [1.54, 1.807) is 42.6 Å². The molecule has 0 radical (unpaired) electrons. The molecule has 0 spiro atoms. The summed E-state index contributed by atoms with van der Waals surface area (Å²) >= 11 is 0. The van der Waals surface area contributed by atoms with E-state index in [-0.39, 0.29) is 5.69 Å². The molecule has 0 bridgehead atoms. The van der Waals surface area contributed by atoms with Crippen LogP contribution in [0.1, 0.15) is 0 Å². The number of hydrogen-bond donors (Lipinski definition) is 1. The van der Waals surface area contributed by atoms with E-state index in [4.69, 9.17) is 4.74 Å². The van der Waals surface area contributed by atoms with Gasteiger partial charge in [-0.15, -0.1) is 0 Å². The van der Waals surface area contributed by atoms with Gasteiger partial charge in [-0.2, -0.15) is 0 Å². The number of anilines is 2. The van der Waals surface area contributed by atoms with Crippen molar-refractivity contribution in [3.63, 3.8) is 0 Å². The summed E-state index contributed by atoms with van der Waals surface area (Å²) in [6.45, 7) is 0. The summed E-state index contributed by atoms with van der Waals surface area (Å²) in [5.41, 5.74) is 3.51. The van der Waals surface area contributed by atoms with Gasteiger partial charge in [0.15, 0.2) is 0 Å². The first-order chi connectivity index (χ1) is 10.1. The summed E-state index contributed by atoms with van der Waals surface area (Å²) in [6, 6.07) is 9.49. The van der Waals surface area contributed by atoms with Gasteiger partial charge >= 0.3 is 5.69 Å². The fraction of sp³-hybridized carbons (Fsp3) is 0.200. The molecule has 0 aliphatic carbocycles. The number of aryl methyl sites for hydroxylation is 2.